The van der Waals surface area contributed by atoms with E-state index in [0.29, 0.717) is 5.69 Å². The minimum atomic E-state index is -0.559. The predicted molar refractivity (Wildman–Crippen MR) is 74.0 cm³/mol. The van der Waals surface area contributed by atoms with Gasteiger partial charge in [0.15, 0.2) is 5.16 Å². The van der Waals surface area contributed by atoms with Crippen LogP contribution in [0.3, 0.4) is 0 Å². The average molecular weight is 300 g/mol. The second-order valence-electron chi connectivity index (χ2n) is 3.79. The lowest BCUT2D eigenvalue weighted by Crippen LogP contribution is -2.14. The molecule has 1 amide bonds. The lowest BCUT2D eigenvalue weighted by atomic mass is 10.3. The summed E-state index contributed by atoms with van der Waals surface area (Å²) in [5.41, 5.74) is 0.382. The molecule has 0 unspecified atom stereocenters. The number of carbonyl (C=O) groups is 1. The number of benzene rings is 1. The number of thioether (sulfide) groups is 1. The maximum Gasteiger partial charge on any atom is 0.234 e. The van der Waals surface area contributed by atoms with E-state index in [1.54, 1.807) is 18.5 Å². The van der Waals surface area contributed by atoms with Crippen molar-refractivity contribution in [2.75, 3.05) is 11.1 Å². The van der Waals surface area contributed by atoms with Crippen LogP contribution >= 0.6 is 23.4 Å². The third-order valence-electron chi connectivity index (χ3n) is 2.31. The summed E-state index contributed by atoms with van der Waals surface area (Å²) >= 11 is 6.87. The summed E-state index contributed by atoms with van der Waals surface area (Å²) in [6, 6.07) is 4.14. The van der Waals surface area contributed by atoms with Crippen LogP contribution in [0.4, 0.5) is 10.1 Å². The Bertz CT molecular complexity index is 602. The molecular formula is C12H11ClFN3OS. The molecule has 0 spiro atoms. The highest BCUT2D eigenvalue weighted by atomic mass is 35.5. The Morgan fingerprint density at radius 3 is 3.00 bits per heavy atom. The van der Waals surface area contributed by atoms with E-state index >= 15 is 0 Å². The molecule has 1 N–H and O–H groups in total. The van der Waals surface area contributed by atoms with Crippen LogP contribution in [0, 0.1) is 5.82 Å². The molecule has 0 aliphatic heterocycles. The van der Waals surface area contributed by atoms with Crippen LogP contribution in [0.15, 0.2) is 35.7 Å². The summed E-state index contributed by atoms with van der Waals surface area (Å²) in [6.07, 6.45) is 3.46. The molecule has 1 aromatic heterocycles. The number of nitrogens with one attached hydrogen (secondary N) is 1. The zero-order chi connectivity index (χ0) is 13.8. The van der Waals surface area contributed by atoms with E-state index in [4.69, 9.17) is 11.6 Å². The Labute approximate surface area is 119 Å². The minimum Gasteiger partial charge on any atom is -0.329 e. The van der Waals surface area contributed by atoms with Crippen LogP contribution in [0.1, 0.15) is 0 Å². The number of hydrogen-bond acceptors (Lipinski definition) is 3. The van der Waals surface area contributed by atoms with Gasteiger partial charge in [0.25, 0.3) is 0 Å². The summed E-state index contributed by atoms with van der Waals surface area (Å²) in [5.74, 6) is -0.583. The lowest BCUT2D eigenvalue weighted by molar-refractivity contribution is -0.113. The summed E-state index contributed by atoms with van der Waals surface area (Å²) in [5, 5.41) is 3.37. The van der Waals surface area contributed by atoms with Gasteiger partial charge >= 0.3 is 0 Å². The first kappa shape index (κ1) is 13.9. The molecule has 0 aliphatic rings. The Morgan fingerprint density at radius 1 is 1.58 bits per heavy atom. The van der Waals surface area contributed by atoms with E-state index in [0.717, 1.165) is 5.16 Å². The number of anilines is 1. The monoisotopic (exact) mass is 299 g/mol. The highest BCUT2D eigenvalue weighted by Crippen LogP contribution is 2.19. The van der Waals surface area contributed by atoms with Gasteiger partial charge in [0, 0.05) is 25.1 Å². The van der Waals surface area contributed by atoms with E-state index < -0.39 is 5.82 Å². The minimum absolute atomic E-state index is 0.0281. The lowest BCUT2D eigenvalue weighted by Gasteiger charge is -2.05. The van der Waals surface area contributed by atoms with Crippen LogP contribution in [-0.4, -0.2) is 21.2 Å². The molecular weight excluding hydrogens is 289 g/mol. The van der Waals surface area contributed by atoms with Gasteiger partial charge in [-0.3, -0.25) is 4.79 Å². The molecule has 19 heavy (non-hydrogen) atoms. The Balaban J connectivity index is 1.91. The molecule has 0 saturated heterocycles. The molecule has 7 heteroatoms. The molecule has 1 aromatic carbocycles. The number of aromatic nitrogens is 2. The molecule has 4 nitrogen and oxygen atoms in total. The van der Waals surface area contributed by atoms with Crippen molar-refractivity contribution in [3.05, 3.63) is 41.4 Å². The highest BCUT2D eigenvalue weighted by Gasteiger charge is 2.08. The molecule has 0 bridgehead atoms. The van der Waals surface area contributed by atoms with Crippen LogP contribution in [0.2, 0.25) is 5.02 Å². The van der Waals surface area contributed by atoms with Gasteiger partial charge in [0.1, 0.15) is 5.82 Å². The summed E-state index contributed by atoms with van der Waals surface area (Å²) in [6.45, 7) is 0. The van der Waals surface area contributed by atoms with E-state index in [1.807, 2.05) is 11.6 Å². The van der Waals surface area contributed by atoms with Crippen molar-refractivity contribution in [3.63, 3.8) is 0 Å². The van der Waals surface area contributed by atoms with Gasteiger partial charge in [-0.1, -0.05) is 23.4 Å². The van der Waals surface area contributed by atoms with Crippen molar-refractivity contribution < 1.29 is 9.18 Å². The van der Waals surface area contributed by atoms with E-state index in [-0.39, 0.29) is 16.7 Å². The van der Waals surface area contributed by atoms with Crippen molar-refractivity contribution in [3.8, 4) is 0 Å². The molecule has 0 aliphatic carbocycles. The SMILES string of the molecule is Cn1ccnc1SCC(=O)Nc1ccc(Cl)c(F)c1. The fraction of sp³-hybridized carbons (Fsp3) is 0.167. The molecule has 100 valence electrons. The Hall–Kier alpha value is -1.53. The maximum absolute atomic E-state index is 13.2. The van der Waals surface area contributed by atoms with Crippen molar-refractivity contribution in [1.29, 1.82) is 0 Å². The topological polar surface area (TPSA) is 46.9 Å². The van der Waals surface area contributed by atoms with Gasteiger partial charge in [-0.05, 0) is 18.2 Å². The Kier molecular flexibility index (Phi) is 4.44. The van der Waals surface area contributed by atoms with Gasteiger partial charge in [0.05, 0.1) is 10.8 Å². The number of imidazole rings is 1. The van der Waals surface area contributed by atoms with Crippen LogP contribution in [0.5, 0.6) is 0 Å². The van der Waals surface area contributed by atoms with Crippen molar-refractivity contribution >= 4 is 35.0 Å². The third kappa shape index (κ3) is 3.71. The number of rotatable bonds is 4. The van der Waals surface area contributed by atoms with Crippen molar-refractivity contribution in [2.24, 2.45) is 7.05 Å². The van der Waals surface area contributed by atoms with E-state index in [9.17, 15) is 9.18 Å². The number of nitrogens with zero attached hydrogens (tertiary/aromatic N) is 2. The predicted octanol–water partition coefficient (Wildman–Crippen LogP) is 2.94. The second kappa shape index (κ2) is 6.08. The van der Waals surface area contributed by atoms with Gasteiger partial charge in [-0.15, -0.1) is 0 Å². The number of carbonyl (C=O) groups excluding carboxylic acids is 1. The van der Waals surface area contributed by atoms with Gasteiger partial charge in [0.2, 0.25) is 5.91 Å². The fourth-order valence-electron chi connectivity index (χ4n) is 1.39. The van der Waals surface area contributed by atoms with Crippen molar-refractivity contribution in [2.45, 2.75) is 5.16 Å². The van der Waals surface area contributed by atoms with Gasteiger partial charge in [-0.2, -0.15) is 0 Å². The smallest absolute Gasteiger partial charge is 0.234 e. The summed E-state index contributed by atoms with van der Waals surface area (Å²) in [4.78, 5) is 15.8. The molecule has 0 fully saturated rings. The number of amides is 1. The molecule has 0 saturated carbocycles. The zero-order valence-electron chi connectivity index (χ0n) is 10.1. The number of halogens is 2. The summed E-state index contributed by atoms with van der Waals surface area (Å²) in [7, 11) is 1.85. The Morgan fingerprint density at radius 2 is 2.37 bits per heavy atom. The average Bonchev–Trinajstić information content (AvgIpc) is 2.77. The van der Waals surface area contributed by atoms with E-state index in [1.165, 1.54) is 23.9 Å². The molecule has 0 atom stereocenters. The molecule has 0 radical (unpaired) electrons. The number of hydrogen-bond donors (Lipinski definition) is 1. The largest absolute Gasteiger partial charge is 0.329 e. The van der Waals surface area contributed by atoms with Crippen LogP contribution in [0.25, 0.3) is 0 Å². The quantitative estimate of drug-likeness (QED) is 0.883. The summed E-state index contributed by atoms with van der Waals surface area (Å²) < 4.78 is 15.0. The second-order valence-corrected chi connectivity index (χ2v) is 5.14. The van der Waals surface area contributed by atoms with Crippen molar-refractivity contribution in [1.82, 2.24) is 9.55 Å². The van der Waals surface area contributed by atoms with Crippen LogP contribution < -0.4 is 5.32 Å². The van der Waals surface area contributed by atoms with E-state index in [2.05, 4.69) is 10.3 Å². The van der Waals surface area contributed by atoms with Crippen LogP contribution in [-0.2, 0) is 11.8 Å². The molecule has 1 heterocycles. The number of aryl methyl sites for hydroxylation is 1. The fourth-order valence-corrected chi connectivity index (χ4v) is 2.24. The standard InChI is InChI=1S/C12H11ClFN3OS/c1-17-5-4-15-12(17)19-7-11(18)16-8-2-3-9(13)10(14)6-8/h2-6H,7H2,1H3,(H,16,18). The first-order valence-electron chi connectivity index (χ1n) is 5.41. The third-order valence-corrected chi connectivity index (χ3v) is 3.68. The highest BCUT2D eigenvalue weighted by molar-refractivity contribution is 7.99. The van der Waals surface area contributed by atoms with Gasteiger partial charge in [-0.25, -0.2) is 9.37 Å². The first-order valence-corrected chi connectivity index (χ1v) is 6.77. The first-order chi connectivity index (χ1) is 9.06. The molecule has 2 rings (SSSR count). The molecule has 2 aromatic rings. The van der Waals surface area contributed by atoms with Gasteiger partial charge < -0.3 is 9.88 Å². The maximum atomic E-state index is 13.2. The zero-order valence-corrected chi connectivity index (χ0v) is 11.6. The normalized spacial score (nSPS) is 10.5.